The van der Waals surface area contributed by atoms with Gasteiger partial charge in [0.2, 0.25) is 0 Å². The van der Waals surface area contributed by atoms with Crippen molar-refractivity contribution in [2.45, 2.75) is 20.0 Å². The molecule has 18 heavy (non-hydrogen) atoms. The molecule has 0 atom stereocenters. The number of rotatable bonds is 5. The average Bonchev–Trinajstić information content (AvgIpc) is 2.78. The van der Waals surface area contributed by atoms with E-state index < -0.39 is 0 Å². The van der Waals surface area contributed by atoms with Gasteiger partial charge in [-0.05, 0) is 38.2 Å². The zero-order valence-corrected chi connectivity index (χ0v) is 11.2. The third-order valence-corrected chi connectivity index (χ3v) is 2.94. The second kappa shape index (κ2) is 5.74. The van der Waals surface area contributed by atoms with E-state index in [9.17, 15) is 0 Å². The maximum absolute atomic E-state index is 5.74. The van der Waals surface area contributed by atoms with Gasteiger partial charge >= 0.3 is 0 Å². The number of benzene rings is 1. The average molecular weight is 244 g/mol. The SMILES string of the molecule is CNCc1ccc(CN(C)c2ccc(C)cc2)o1. The molecule has 0 unspecified atom stereocenters. The Labute approximate surface area is 108 Å². The summed E-state index contributed by atoms with van der Waals surface area (Å²) in [5.41, 5.74) is 2.48. The van der Waals surface area contributed by atoms with E-state index >= 15 is 0 Å². The van der Waals surface area contributed by atoms with Gasteiger partial charge in [-0.15, -0.1) is 0 Å². The molecule has 96 valence electrons. The molecule has 1 heterocycles. The highest BCUT2D eigenvalue weighted by Crippen LogP contribution is 2.17. The van der Waals surface area contributed by atoms with Crippen molar-refractivity contribution < 1.29 is 4.42 Å². The molecule has 0 fully saturated rings. The molecule has 0 spiro atoms. The number of aryl methyl sites for hydroxylation is 1. The Hall–Kier alpha value is -1.74. The lowest BCUT2D eigenvalue weighted by Gasteiger charge is -2.18. The molecule has 1 aromatic carbocycles. The monoisotopic (exact) mass is 244 g/mol. The van der Waals surface area contributed by atoms with Gasteiger partial charge in [0, 0.05) is 12.7 Å². The van der Waals surface area contributed by atoms with Gasteiger partial charge in [0.05, 0.1) is 13.1 Å². The lowest BCUT2D eigenvalue weighted by atomic mass is 10.2. The molecule has 0 aliphatic carbocycles. The van der Waals surface area contributed by atoms with Crippen molar-refractivity contribution in [2.24, 2.45) is 0 Å². The Bertz CT molecular complexity index is 487. The van der Waals surface area contributed by atoms with E-state index in [1.165, 1.54) is 11.3 Å². The Morgan fingerprint density at radius 1 is 1.06 bits per heavy atom. The Kier molecular flexibility index (Phi) is 4.05. The van der Waals surface area contributed by atoms with E-state index in [1.807, 2.05) is 19.2 Å². The molecule has 0 saturated heterocycles. The van der Waals surface area contributed by atoms with Crippen molar-refractivity contribution in [1.82, 2.24) is 5.32 Å². The summed E-state index contributed by atoms with van der Waals surface area (Å²) < 4.78 is 5.74. The number of hydrogen-bond donors (Lipinski definition) is 1. The Balaban J connectivity index is 2.01. The second-order valence-corrected chi connectivity index (χ2v) is 4.59. The summed E-state index contributed by atoms with van der Waals surface area (Å²) in [6.07, 6.45) is 0. The van der Waals surface area contributed by atoms with Crippen LogP contribution in [-0.2, 0) is 13.1 Å². The summed E-state index contributed by atoms with van der Waals surface area (Å²) in [5.74, 6) is 1.97. The fourth-order valence-corrected chi connectivity index (χ4v) is 1.90. The van der Waals surface area contributed by atoms with Crippen LogP contribution in [-0.4, -0.2) is 14.1 Å². The maximum Gasteiger partial charge on any atom is 0.123 e. The van der Waals surface area contributed by atoms with Gasteiger partial charge < -0.3 is 14.6 Å². The van der Waals surface area contributed by atoms with Crippen LogP contribution in [0.3, 0.4) is 0 Å². The first kappa shape index (κ1) is 12.7. The Morgan fingerprint density at radius 2 is 1.72 bits per heavy atom. The van der Waals surface area contributed by atoms with E-state index in [2.05, 4.69) is 48.5 Å². The molecular formula is C15H20N2O. The summed E-state index contributed by atoms with van der Waals surface area (Å²) in [6.45, 7) is 3.65. The third kappa shape index (κ3) is 3.14. The zero-order chi connectivity index (χ0) is 13.0. The molecule has 0 aliphatic rings. The molecule has 2 aromatic rings. The minimum absolute atomic E-state index is 0.772. The second-order valence-electron chi connectivity index (χ2n) is 4.59. The summed E-state index contributed by atoms with van der Waals surface area (Å²) in [5, 5.41) is 3.08. The van der Waals surface area contributed by atoms with Crippen LogP contribution in [0.2, 0.25) is 0 Å². The van der Waals surface area contributed by atoms with Gasteiger partial charge in [0.15, 0.2) is 0 Å². The largest absolute Gasteiger partial charge is 0.463 e. The predicted molar refractivity (Wildman–Crippen MR) is 74.8 cm³/mol. The first-order valence-electron chi connectivity index (χ1n) is 6.19. The van der Waals surface area contributed by atoms with Crippen LogP contribution in [0.25, 0.3) is 0 Å². The minimum atomic E-state index is 0.772. The van der Waals surface area contributed by atoms with E-state index in [4.69, 9.17) is 4.42 Å². The van der Waals surface area contributed by atoms with Gasteiger partial charge in [0.25, 0.3) is 0 Å². The molecule has 0 saturated carbocycles. The lowest BCUT2D eigenvalue weighted by molar-refractivity contribution is 0.453. The first-order chi connectivity index (χ1) is 8.69. The fraction of sp³-hybridized carbons (Fsp3) is 0.333. The van der Waals surface area contributed by atoms with Crippen molar-refractivity contribution in [3.8, 4) is 0 Å². The molecule has 3 nitrogen and oxygen atoms in total. The number of nitrogens with one attached hydrogen (secondary N) is 1. The minimum Gasteiger partial charge on any atom is -0.463 e. The quantitative estimate of drug-likeness (QED) is 0.876. The van der Waals surface area contributed by atoms with E-state index in [1.54, 1.807) is 0 Å². The van der Waals surface area contributed by atoms with Crippen LogP contribution in [0.15, 0.2) is 40.8 Å². The van der Waals surface area contributed by atoms with E-state index in [0.717, 1.165) is 24.6 Å². The molecule has 0 radical (unpaired) electrons. The topological polar surface area (TPSA) is 28.4 Å². The smallest absolute Gasteiger partial charge is 0.123 e. The van der Waals surface area contributed by atoms with Crippen LogP contribution in [0.1, 0.15) is 17.1 Å². The van der Waals surface area contributed by atoms with Crippen LogP contribution < -0.4 is 10.2 Å². The van der Waals surface area contributed by atoms with Crippen molar-refractivity contribution >= 4 is 5.69 Å². The van der Waals surface area contributed by atoms with Crippen molar-refractivity contribution in [3.05, 3.63) is 53.5 Å². The highest BCUT2D eigenvalue weighted by molar-refractivity contribution is 5.46. The van der Waals surface area contributed by atoms with E-state index in [-0.39, 0.29) is 0 Å². The summed E-state index contributed by atoms with van der Waals surface area (Å²) in [4.78, 5) is 2.18. The lowest BCUT2D eigenvalue weighted by Crippen LogP contribution is -2.15. The molecule has 0 bridgehead atoms. The predicted octanol–water partition coefficient (Wildman–Crippen LogP) is 2.94. The van der Waals surface area contributed by atoms with Crippen LogP contribution in [0.5, 0.6) is 0 Å². The van der Waals surface area contributed by atoms with Crippen molar-refractivity contribution in [1.29, 1.82) is 0 Å². The fourth-order valence-electron chi connectivity index (χ4n) is 1.90. The molecule has 0 aliphatic heterocycles. The first-order valence-corrected chi connectivity index (χ1v) is 6.19. The maximum atomic E-state index is 5.74. The standard InChI is InChI=1S/C15H20N2O/c1-12-4-6-13(7-5-12)17(3)11-15-9-8-14(18-15)10-16-2/h4-9,16H,10-11H2,1-3H3. The number of furan rings is 1. The molecule has 1 N–H and O–H groups in total. The van der Waals surface area contributed by atoms with Gasteiger partial charge in [0.1, 0.15) is 11.5 Å². The molecule has 3 heteroatoms. The van der Waals surface area contributed by atoms with Crippen LogP contribution in [0, 0.1) is 6.92 Å². The van der Waals surface area contributed by atoms with Gasteiger partial charge in [-0.3, -0.25) is 0 Å². The number of anilines is 1. The van der Waals surface area contributed by atoms with Crippen molar-refractivity contribution in [3.63, 3.8) is 0 Å². The number of hydrogen-bond acceptors (Lipinski definition) is 3. The normalized spacial score (nSPS) is 10.6. The molecular weight excluding hydrogens is 224 g/mol. The highest BCUT2D eigenvalue weighted by Gasteiger charge is 2.06. The molecule has 1 aromatic heterocycles. The number of nitrogens with zero attached hydrogens (tertiary/aromatic N) is 1. The van der Waals surface area contributed by atoms with Gasteiger partial charge in [-0.25, -0.2) is 0 Å². The van der Waals surface area contributed by atoms with Crippen molar-refractivity contribution in [2.75, 3.05) is 19.0 Å². The Morgan fingerprint density at radius 3 is 2.39 bits per heavy atom. The summed E-state index contributed by atoms with van der Waals surface area (Å²) in [7, 11) is 3.99. The van der Waals surface area contributed by atoms with Gasteiger partial charge in [-0.2, -0.15) is 0 Å². The van der Waals surface area contributed by atoms with Crippen LogP contribution >= 0.6 is 0 Å². The van der Waals surface area contributed by atoms with E-state index in [0.29, 0.717) is 0 Å². The van der Waals surface area contributed by atoms with Crippen LogP contribution in [0.4, 0.5) is 5.69 Å². The summed E-state index contributed by atoms with van der Waals surface area (Å²) in [6, 6.07) is 12.6. The van der Waals surface area contributed by atoms with Gasteiger partial charge in [-0.1, -0.05) is 17.7 Å². The molecule has 2 rings (SSSR count). The third-order valence-electron chi connectivity index (χ3n) is 2.94. The zero-order valence-electron chi connectivity index (χ0n) is 11.2. The summed E-state index contributed by atoms with van der Waals surface area (Å²) >= 11 is 0. The molecule has 0 amide bonds. The highest BCUT2D eigenvalue weighted by atomic mass is 16.3.